The minimum absolute atomic E-state index is 0.107. The summed E-state index contributed by atoms with van der Waals surface area (Å²) >= 11 is 0. The summed E-state index contributed by atoms with van der Waals surface area (Å²) < 4.78 is 0. The highest BCUT2D eigenvalue weighted by Crippen LogP contribution is 2.27. The molecule has 18 heavy (non-hydrogen) atoms. The summed E-state index contributed by atoms with van der Waals surface area (Å²) in [5.41, 5.74) is 0.236. The lowest BCUT2D eigenvalue weighted by Crippen LogP contribution is -2.61. The van der Waals surface area contributed by atoms with Gasteiger partial charge in [0, 0.05) is 31.2 Å². The van der Waals surface area contributed by atoms with Crippen molar-refractivity contribution in [1.29, 1.82) is 0 Å². The maximum absolute atomic E-state index is 10.4. The van der Waals surface area contributed by atoms with E-state index in [-0.39, 0.29) is 11.6 Å². The van der Waals surface area contributed by atoms with E-state index in [4.69, 9.17) is 0 Å². The van der Waals surface area contributed by atoms with Gasteiger partial charge in [-0.25, -0.2) is 0 Å². The Kier molecular flexibility index (Phi) is 4.68. The van der Waals surface area contributed by atoms with Gasteiger partial charge >= 0.3 is 0 Å². The second-order valence-corrected chi connectivity index (χ2v) is 6.83. The number of nitrogens with zero attached hydrogens (tertiary/aromatic N) is 2. The first-order valence-electron chi connectivity index (χ1n) is 7.64. The van der Waals surface area contributed by atoms with Crippen LogP contribution in [0.4, 0.5) is 0 Å². The van der Waals surface area contributed by atoms with Crippen molar-refractivity contribution in [2.75, 3.05) is 26.7 Å². The quantitative estimate of drug-likeness (QED) is 0.776. The summed E-state index contributed by atoms with van der Waals surface area (Å²) in [5, 5.41) is 10.4. The van der Waals surface area contributed by atoms with Gasteiger partial charge < -0.3 is 5.11 Å². The molecule has 2 aliphatic rings. The number of piperazine rings is 1. The number of rotatable bonds is 1. The van der Waals surface area contributed by atoms with Crippen LogP contribution in [0.5, 0.6) is 0 Å². The molecule has 0 aromatic rings. The monoisotopic (exact) mass is 254 g/mol. The van der Waals surface area contributed by atoms with Crippen LogP contribution in [-0.4, -0.2) is 59.3 Å². The first kappa shape index (κ1) is 14.3. The Hall–Kier alpha value is -0.120. The third-order valence-electron chi connectivity index (χ3n) is 5.01. The van der Waals surface area contributed by atoms with E-state index in [0.29, 0.717) is 6.04 Å². The van der Waals surface area contributed by atoms with Gasteiger partial charge in [-0.15, -0.1) is 0 Å². The molecule has 2 unspecified atom stereocenters. The lowest BCUT2D eigenvalue weighted by Gasteiger charge is -2.49. The molecule has 1 heterocycles. The average Bonchev–Trinajstić information content (AvgIpc) is 2.28. The van der Waals surface area contributed by atoms with Crippen LogP contribution in [0.15, 0.2) is 0 Å². The first-order chi connectivity index (χ1) is 8.50. The minimum Gasteiger partial charge on any atom is -0.391 e. The van der Waals surface area contributed by atoms with Gasteiger partial charge in [-0.3, -0.25) is 9.80 Å². The molecule has 3 nitrogen and oxygen atoms in total. The van der Waals surface area contributed by atoms with Gasteiger partial charge in [0.05, 0.1) is 6.10 Å². The predicted octanol–water partition coefficient (Wildman–Crippen LogP) is 2.10. The predicted molar refractivity (Wildman–Crippen MR) is 75.8 cm³/mol. The van der Waals surface area contributed by atoms with E-state index >= 15 is 0 Å². The first-order valence-corrected chi connectivity index (χ1v) is 7.64. The highest BCUT2D eigenvalue weighted by atomic mass is 16.3. The zero-order valence-corrected chi connectivity index (χ0v) is 12.4. The molecule has 3 heteroatoms. The fourth-order valence-electron chi connectivity index (χ4n) is 3.43. The van der Waals surface area contributed by atoms with Gasteiger partial charge in [0.15, 0.2) is 0 Å². The number of hydrogen-bond donors (Lipinski definition) is 1. The van der Waals surface area contributed by atoms with Crippen LogP contribution in [0.1, 0.15) is 52.4 Å². The van der Waals surface area contributed by atoms with E-state index in [1.165, 1.54) is 32.1 Å². The van der Waals surface area contributed by atoms with Crippen LogP contribution < -0.4 is 0 Å². The SMILES string of the molecule is CN1CCN(C2CCCCCCC2O)CC1(C)C. The molecule has 0 spiro atoms. The highest BCUT2D eigenvalue weighted by molar-refractivity contribution is 4.93. The van der Waals surface area contributed by atoms with Crippen molar-refractivity contribution in [3.63, 3.8) is 0 Å². The van der Waals surface area contributed by atoms with Crippen LogP contribution >= 0.6 is 0 Å². The van der Waals surface area contributed by atoms with Gasteiger partial charge in [0.2, 0.25) is 0 Å². The third kappa shape index (κ3) is 3.25. The fourth-order valence-corrected chi connectivity index (χ4v) is 3.43. The maximum atomic E-state index is 10.4. The smallest absolute Gasteiger partial charge is 0.0695 e. The Morgan fingerprint density at radius 2 is 1.67 bits per heavy atom. The largest absolute Gasteiger partial charge is 0.391 e. The van der Waals surface area contributed by atoms with Gasteiger partial charge in [-0.2, -0.15) is 0 Å². The van der Waals surface area contributed by atoms with Crippen LogP contribution in [0, 0.1) is 0 Å². The van der Waals surface area contributed by atoms with Gasteiger partial charge in [0.1, 0.15) is 0 Å². The standard InChI is InChI=1S/C15H30N2O/c1-15(2)12-17(11-10-16(15)3)13-8-6-4-5-7-9-14(13)18/h13-14,18H,4-12H2,1-3H3. The molecule has 0 aromatic carbocycles. The Morgan fingerprint density at radius 3 is 2.33 bits per heavy atom. The summed E-state index contributed by atoms with van der Waals surface area (Å²) in [6, 6.07) is 0.401. The van der Waals surface area contributed by atoms with Crippen molar-refractivity contribution < 1.29 is 5.11 Å². The van der Waals surface area contributed by atoms with Crippen molar-refractivity contribution in [2.24, 2.45) is 0 Å². The number of aliphatic hydroxyl groups excluding tert-OH is 1. The molecule has 0 amide bonds. The van der Waals surface area contributed by atoms with E-state index in [0.717, 1.165) is 26.1 Å². The van der Waals surface area contributed by atoms with Crippen LogP contribution in [-0.2, 0) is 0 Å². The lowest BCUT2D eigenvalue weighted by atomic mass is 9.90. The van der Waals surface area contributed by atoms with Crippen molar-refractivity contribution in [2.45, 2.75) is 70.1 Å². The molecule has 0 aromatic heterocycles. The number of hydrogen-bond acceptors (Lipinski definition) is 3. The molecule has 0 radical (unpaired) electrons. The van der Waals surface area contributed by atoms with Crippen molar-refractivity contribution >= 4 is 0 Å². The Balaban J connectivity index is 2.00. The highest BCUT2D eigenvalue weighted by Gasteiger charge is 2.36. The normalized spacial score (nSPS) is 36.0. The molecule has 2 atom stereocenters. The van der Waals surface area contributed by atoms with Crippen molar-refractivity contribution in [3.8, 4) is 0 Å². The third-order valence-corrected chi connectivity index (χ3v) is 5.01. The van der Waals surface area contributed by atoms with Crippen molar-refractivity contribution in [1.82, 2.24) is 9.80 Å². The van der Waals surface area contributed by atoms with Crippen LogP contribution in [0.3, 0.4) is 0 Å². The molecule has 1 aliphatic carbocycles. The number of likely N-dealkylation sites (N-methyl/N-ethyl adjacent to an activating group) is 1. The lowest BCUT2D eigenvalue weighted by molar-refractivity contribution is -0.0317. The molecule has 1 aliphatic heterocycles. The van der Waals surface area contributed by atoms with Gasteiger partial charge in [-0.1, -0.05) is 25.7 Å². The summed E-state index contributed by atoms with van der Waals surface area (Å²) in [5.74, 6) is 0. The van der Waals surface area contributed by atoms with E-state index in [2.05, 4.69) is 30.7 Å². The van der Waals surface area contributed by atoms with E-state index in [1.54, 1.807) is 0 Å². The van der Waals surface area contributed by atoms with Crippen LogP contribution in [0.2, 0.25) is 0 Å². The molecule has 1 saturated heterocycles. The average molecular weight is 254 g/mol. The van der Waals surface area contributed by atoms with Crippen LogP contribution in [0.25, 0.3) is 0 Å². The summed E-state index contributed by atoms with van der Waals surface area (Å²) in [4.78, 5) is 4.99. The topological polar surface area (TPSA) is 26.7 Å². The van der Waals surface area contributed by atoms with E-state index < -0.39 is 0 Å². The molecule has 0 bridgehead atoms. The zero-order valence-electron chi connectivity index (χ0n) is 12.4. The van der Waals surface area contributed by atoms with E-state index in [1.807, 2.05) is 0 Å². The summed E-state index contributed by atoms with van der Waals surface area (Å²) in [7, 11) is 2.21. The Morgan fingerprint density at radius 1 is 1.00 bits per heavy atom. The van der Waals surface area contributed by atoms with E-state index in [9.17, 15) is 5.11 Å². The summed E-state index contributed by atoms with van der Waals surface area (Å²) in [6.07, 6.45) is 7.21. The van der Waals surface area contributed by atoms with Gasteiger partial charge in [-0.05, 0) is 33.7 Å². The molecular formula is C15H30N2O. The maximum Gasteiger partial charge on any atom is 0.0695 e. The molecule has 1 N–H and O–H groups in total. The van der Waals surface area contributed by atoms with Crippen molar-refractivity contribution in [3.05, 3.63) is 0 Å². The Labute approximate surface area is 112 Å². The zero-order chi connectivity index (χ0) is 13.2. The second kappa shape index (κ2) is 5.89. The molecular weight excluding hydrogens is 224 g/mol. The molecule has 2 rings (SSSR count). The second-order valence-electron chi connectivity index (χ2n) is 6.83. The fraction of sp³-hybridized carbons (Fsp3) is 1.00. The summed E-state index contributed by atoms with van der Waals surface area (Å²) in [6.45, 7) is 7.95. The molecule has 2 fully saturated rings. The minimum atomic E-state index is -0.107. The molecule has 106 valence electrons. The Bertz CT molecular complexity index is 267. The molecule has 1 saturated carbocycles. The van der Waals surface area contributed by atoms with Gasteiger partial charge in [0.25, 0.3) is 0 Å². The number of aliphatic hydroxyl groups is 1.